The largest absolute Gasteiger partial charge is 0.346 e. The van der Waals surface area contributed by atoms with Crippen LogP contribution in [0.1, 0.15) is 5.69 Å². The van der Waals surface area contributed by atoms with Gasteiger partial charge in [-0.15, -0.1) is 5.10 Å². The van der Waals surface area contributed by atoms with Gasteiger partial charge in [-0.05, 0) is 6.07 Å². The lowest BCUT2D eigenvalue weighted by atomic mass is 10.2. The van der Waals surface area contributed by atoms with Gasteiger partial charge in [0.05, 0.1) is 12.2 Å². The molecule has 0 radical (unpaired) electrons. The summed E-state index contributed by atoms with van der Waals surface area (Å²) in [5.41, 5.74) is 1.50. The second kappa shape index (κ2) is 5.08. The van der Waals surface area contributed by atoms with Crippen LogP contribution >= 0.6 is 0 Å². The molecule has 6 heteroatoms. The maximum atomic E-state index is 12.2. The van der Waals surface area contributed by atoms with Crippen molar-refractivity contribution in [1.29, 1.82) is 0 Å². The van der Waals surface area contributed by atoms with Crippen molar-refractivity contribution in [2.75, 3.05) is 0 Å². The quantitative estimate of drug-likeness (QED) is 0.712. The Morgan fingerprint density at radius 1 is 1.15 bits per heavy atom. The van der Waals surface area contributed by atoms with E-state index in [4.69, 9.17) is 0 Å². The van der Waals surface area contributed by atoms with Crippen molar-refractivity contribution in [2.45, 2.75) is 6.54 Å². The highest BCUT2D eigenvalue weighted by atomic mass is 16.2. The van der Waals surface area contributed by atoms with Gasteiger partial charge in [-0.1, -0.05) is 30.3 Å². The molecule has 0 bridgehead atoms. The van der Waals surface area contributed by atoms with E-state index >= 15 is 0 Å². The third-order valence-corrected chi connectivity index (χ3v) is 3.03. The molecule has 20 heavy (non-hydrogen) atoms. The minimum atomic E-state index is -0.164. The van der Waals surface area contributed by atoms with Crippen LogP contribution in [0, 0.1) is 0 Å². The number of aromatic nitrogens is 5. The van der Waals surface area contributed by atoms with E-state index in [2.05, 4.69) is 15.1 Å². The third-order valence-electron chi connectivity index (χ3n) is 3.03. The minimum Gasteiger partial charge on any atom is -0.278 e. The van der Waals surface area contributed by atoms with Gasteiger partial charge in [-0.25, -0.2) is 19.4 Å². The first-order valence-electron chi connectivity index (χ1n) is 6.20. The Morgan fingerprint density at radius 2 is 1.95 bits per heavy atom. The van der Waals surface area contributed by atoms with Crippen LogP contribution in [0.15, 0.2) is 53.7 Å². The fourth-order valence-corrected chi connectivity index (χ4v) is 1.99. The van der Waals surface area contributed by atoms with Gasteiger partial charge in [0.15, 0.2) is 5.82 Å². The van der Waals surface area contributed by atoms with Gasteiger partial charge in [-0.3, -0.25) is 4.57 Å². The molecular weight excluding hydrogens is 254 g/mol. The summed E-state index contributed by atoms with van der Waals surface area (Å²) in [7, 11) is 1.72. The van der Waals surface area contributed by atoms with Gasteiger partial charge in [0.25, 0.3) is 0 Å². The topological polar surface area (TPSA) is 65.6 Å². The molecule has 3 rings (SSSR count). The first-order chi connectivity index (χ1) is 9.75. The Morgan fingerprint density at radius 3 is 2.65 bits per heavy atom. The number of nitrogens with zero attached hydrogens (tertiary/aromatic N) is 5. The standard InChI is InChI=1S/C14H13N5O/c1-18-13(11-5-3-2-4-6-11)17-19(14(18)20)9-12-7-8-15-10-16-12/h2-8,10H,9H2,1H3. The summed E-state index contributed by atoms with van der Waals surface area (Å²) in [6, 6.07) is 11.4. The lowest BCUT2D eigenvalue weighted by molar-refractivity contribution is 0.634. The molecule has 2 aromatic heterocycles. The summed E-state index contributed by atoms with van der Waals surface area (Å²) in [5, 5.41) is 4.38. The van der Waals surface area contributed by atoms with E-state index in [1.165, 1.54) is 15.6 Å². The molecular formula is C14H13N5O. The van der Waals surface area contributed by atoms with Crippen LogP contribution in [-0.2, 0) is 13.6 Å². The lowest BCUT2D eigenvalue weighted by Gasteiger charge is -1.98. The van der Waals surface area contributed by atoms with Gasteiger partial charge >= 0.3 is 5.69 Å². The normalized spacial score (nSPS) is 10.7. The third kappa shape index (κ3) is 2.23. The molecule has 0 atom stereocenters. The van der Waals surface area contributed by atoms with E-state index < -0.39 is 0 Å². The van der Waals surface area contributed by atoms with Crippen LogP contribution in [0.2, 0.25) is 0 Å². The predicted molar refractivity (Wildman–Crippen MR) is 74.0 cm³/mol. The molecule has 0 unspecified atom stereocenters. The van der Waals surface area contributed by atoms with Gasteiger partial charge in [0, 0.05) is 18.8 Å². The van der Waals surface area contributed by atoms with E-state index in [1.54, 1.807) is 19.3 Å². The van der Waals surface area contributed by atoms with E-state index in [1.807, 2.05) is 30.3 Å². The Labute approximate surface area is 115 Å². The Balaban J connectivity index is 2.01. The summed E-state index contributed by atoms with van der Waals surface area (Å²) in [4.78, 5) is 20.1. The maximum Gasteiger partial charge on any atom is 0.346 e. The van der Waals surface area contributed by atoms with E-state index in [0.29, 0.717) is 12.4 Å². The summed E-state index contributed by atoms with van der Waals surface area (Å²) < 4.78 is 2.95. The van der Waals surface area contributed by atoms with Gasteiger partial charge in [-0.2, -0.15) is 0 Å². The monoisotopic (exact) mass is 267 g/mol. The second-order valence-corrected chi connectivity index (χ2v) is 4.39. The fourth-order valence-electron chi connectivity index (χ4n) is 1.99. The molecule has 0 aliphatic heterocycles. The highest BCUT2D eigenvalue weighted by molar-refractivity contribution is 5.54. The Hall–Kier alpha value is -2.76. The van der Waals surface area contributed by atoms with Crippen molar-refractivity contribution in [3.8, 4) is 11.4 Å². The van der Waals surface area contributed by atoms with Crippen LogP contribution in [0.25, 0.3) is 11.4 Å². The van der Waals surface area contributed by atoms with Gasteiger partial charge in [0.2, 0.25) is 0 Å². The SMILES string of the molecule is Cn1c(-c2ccccc2)nn(Cc2ccncn2)c1=O. The molecule has 3 aromatic rings. The number of hydrogen-bond acceptors (Lipinski definition) is 4. The van der Waals surface area contributed by atoms with Crippen molar-refractivity contribution in [1.82, 2.24) is 24.3 Å². The van der Waals surface area contributed by atoms with Crippen molar-refractivity contribution in [3.05, 3.63) is 65.1 Å². The molecule has 2 heterocycles. The smallest absolute Gasteiger partial charge is 0.278 e. The number of rotatable bonds is 3. The van der Waals surface area contributed by atoms with Crippen LogP contribution in [0.3, 0.4) is 0 Å². The maximum absolute atomic E-state index is 12.2. The van der Waals surface area contributed by atoms with E-state index in [-0.39, 0.29) is 5.69 Å². The Kier molecular flexibility index (Phi) is 3.12. The molecule has 6 nitrogen and oxygen atoms in total. The zero-order chi connectivity index (χ0) is 13.9. The van der Waals surface area contributed by atoms with Gasteiger partial charge in [0.1, 0.15) is 6.33 Å². The number of hydrogen-bond donors (Lipinski definition) is 0. The van der Waals surface area contributed by atoms with Crippen molar-refractivity contribution < 1.29 is 0 Å². The summed E-state index contributed by atoms with van der Waals surface area (Å²) >= 11 is 0. The van der Waals surface area contributed by atoms with Crippen LogP contribution in [-0.4, -0.2) is 24.3 Å². The highest BCUT2D eigenvalue weighted by Gasteiger charge is 2.12. The first-order valence-corrected chi connectivity index (χ1v) is 6.20. The first kappa shape index (κ1) is 12.3. The van der Waals surface area contributed by atoms with E-state index in [0.717, 1.165) is 11.3 Å². The van der Waals surface area contributed by atoms with Crippen LogP contribution in [0.4, 0.5) is 0 Å². The summed E-state index contributed by atoms with van der Waals surface area (Å²) in [6.45, 7) is 0.335. The predicted octanol–water partition coefficient (Wildman–Crippen LogP) is 1.09. The molecule has 0 fully saturated rings. The fraction of sp³-hybridized carbons (Fsp3) is 0.143. The zero-order valence-electron chi connectivity index (χ0n) is 11.0. The molecule has 0 amide bonds. The Bertz CT molecular complexity index is 761. The molecule has 1 aromatic carbocycles. The average molecular weight is 267 g/mol. The average Bonchev–Trinajstić information content (AvgIpc) is 2.78. The molecule has 100 valence electrons. The second-order valence-electron chi connectivity index (χ2n) is 4.39. The number of benzene rings is 1. The summed E-state index contributed by atoms with van der Waals surface area (Å²) in [6.07, 6.45) is 3.11. The minimum absolute atomic E-state index is 0.164. The summed E-state index contributed by atoms with van der Waals surface area (Å²) in [5.74, 6) is 0.643. The molecule has 0 aliphatic carbocycles. The van der Waals surface area contributed by atoms with Crippen molar-refractivity contribution in [3.63, 3.8) is 0 Å². The van der Waals surface area contributed by atoms with Crippen LogP contribution < -0.4 is 5.69 Å². The molecule has 0 saturated heterocycles. The van der Waals surface area contributed by atoms with E-state index in [9.17, 15) is 4.79 Å². The van der Waals surface area contributed by atoms with Crippen molar-refractivity contribution in [2.24, 2.45) is 7.05 Å². The zero-order valence-corrected chi connectivity index (χ0v) is 11.0. The molecule has 0 saturated carbocycles. The van der Waals surface area contributed by atoms with Crippen molar-refractivity contribution >= 4 is 0 Å². The van der Waals surface area contributed by atoms with Gasteiger partial charge < -0.3 is 0 Å². The molecule has 0 aliphatic rings. The highest BCUT2D eigenvalue weighted by Crippen LogP contribution is 2.13. The lowest BCUT2D eigenvalue weighted by Crippen LogP contribution is -2.24. The van der Waals surface area contributed by atoms with Crippen LogP contribution in [0.5, 0.6) is 0 Å². The molecule has 0 spiro atoms. The molecule has 0 N–H and O–H groups in total.